The van der Waals surface area contributed by atoms with Gasteiger partial charge in [-0.1, -0.05) is 26.2 Å². The van der Waals surface area contributed by atoms with E-state index in [0.717, 1.165) is 25.7 Å². The van der Waals surface area contributed by atoms with Crippen molar-refractivity contribution in [3.8, 4) is 0 Å². The van der Waals surface area contributed by atoms with Crippen LogP contribution in [0.25, 0.3) is 0 Å². The second kappa shape index (κ2) is 7.43. The van der Waals surface area contributed by atoms with Crippen molar-refractivity contribution in [3.63, 3.8) is 0 Å². The van der Waals surface area contributed by atoms with E-state index in [4.69, 9.17) is 5.73 Å². The minimum Gasteiger partial charge on any atom is -0.373 e. The smallest absolute Gasteiger partial charge is 0.330 e. The average molecular weight is 285 g/mol. The van der Waals surface area contributed by atoms with Crippen molar-refractivity contribution < 1.29 is 22.3 Å². The lowest BCUT2D eigenvalue weighted by atomic mass is 9.77. The molecule has 1 rings (SSSR count). The number of hydrogen-bond donors (Lipinski definition) is 1. The van der Waals surface area contributed by atoms with Gasteiger partial charge < -0.3 is 10.5 Å². The van der Waals surface area contributed by atoms with E-state index in [9.17, 15) is 17.6 Å². The Hall–Kier alpha value is -0.360. The van der Waals surface area contributed by atoms with Gasteiger partial charge in [0.2, 0.25) is 0 Å². The van der Waals surface area contributed by atoms with Crippen LogP contribution in [0.3, 0.4) is 0 Å². The zero-order chi connectivity index (χ0) is 14.5. The number of rotatable bonds is 7. The maximum atomic E-state index is 12.6. The number of alkyl halides is 4. The van der Waals surface area contributed by atoms with Crippen LogP contribution < -0.4 is 5.73 Å². The van der Waals surface area contributed by atoms with Gasteiger partial charge in [-0.15, -0.1) is 0 Å². The molecule has 3 atom stereocenters. The van der Waals surface area contributed by atoms with Gasteiger partial charge >= 0.3 is 12.3 Å². The van der Waals surface area contributed by atoms with Gasteiger partial charge in [0.1, 0.15) is 6.61 Å². The quantitative estimate of drug-likeness (QED) is 0.727. The summed E-state index contributed by atoms with van der Waals surface area (Å²) in [5.41, 5.74) is 5.91. The van der Waals surface area contributed by atoms with E-state index in [1.807, 2.05) is 0 Å². The van der Waals surface area contributed by atoms with Crippen molar-refractivity contribution in [1.82, 2.24) is 0 Å². The van der Waals surface area contributed by atoms with Crippen LogP contribution in [0, 0.1) is 11.8 Å². The van der Waals surface area contributed by atoms with Gasteiger partial charge in [0, 0.05) is 6.04 Å². The molecule has 0 saturated heterocycles. The van der Waals surface area contributed by atoms with Crippen molar-refractivity contribution >= 4 is 0 Å². The molecule has 0 bridgehead atoms. The second-order valence-corrected chi connectivity index (χ2v) is 5.44. The lowest BCUT2D eigenvalue weighted by molar-refractivity contribution is -0.167. The molecule has 0 aromatic rings. The molecule has 1 aliphatic rings. The van der Waals surface area contributed by atoms with Crippen LogP contribution in [-0.4, -0.2) is 31.6 Å². The number of hydrogen-bond acceptors (Lipinski definition) is 2. The number of nitrogens with two attached hydrogens (primary N) is 1. The predicted molar refractivity (Wildman–Crippen MR) is 65.5 cm³/mol. The van der Waals surface area contributed by atoms with E-state index in [-0.39, 0.29) is 18.6 Å². The first-order valence-electron chi connectivity index (χ1n) is 6.86. The highest BCUT2D eigenvalue weighted by atomic mass is 19.3. The molecule has 1 aliphatic carbocycles. The van der Waals surface area contributed by atoms with Crippen LogP contribution in [0.1, 0.15) is 39.0 Å². The minimum atomic E-state index is -4.09. The lowest BCUT2D eigenvalue weighted by Crippen LogP contribution is -2.40. The van der Waals surface area contributed by atoms with E-state index >= 15 is 0 Å². The Bertz CT molecular complexity index is 263. The zero-order valence-electron chi connectivity index (χ0n) is 11.3. The van der Waals surface area contributed by atoms with E-state index in [0.29, 0.717) is 5.92 Å². The van der Waals surface area contributed by atoms with Crippen molar-refractivity contribution in [2.45, 2.75) is 57.4 Å². The topological polar surface area (TPSA) is 35.2 Å². The molecule has 0 aromatic heterocycles. The summed E-state index contributed by atoms with van der Waals surface area (Å²) < 4.78 is 53.8. The molecule has 0 heterocycles. The highest BCUT2D eigenvalue weighted by molar-refractivity contribution is 4.80. The number of ether oxygens (including phenoxy) is 1. The fourth-order valence-electron chi connectivity index (χ4n) is 2.62. The average Bonchev–Trinajstić information content (AvgIpc) is 2.38. The van der Waals surface area contributed by atoms with E-state index in [1.165, 1.54) is 6.42 Å². The summed E-state index contributed by atoms with van der Waals surface area (Å²) in [6.45, 7) is 0.782. The molecule has 1 fully saturated rings. The largest absolute Gasteiger partial charge is 0.373 e. The van der Waals surface area contributed by atoms with Gasteiger partial charge in [0.05, 0.1) is 6.61 Å². The zero-order valence-corrected chi connectivity index (χ0v) is 11.3. The fourth-order valence-corrected chi connectivity index (χ4v) is 2.62. The Morgan fingerprint density at radius 1 is 1.32 bits per heavy atom. The highest BCUT2D eigenvalue weighted by Crippen LogP contribution is 2.32. The Morgan fingerprint density at radius 2 is 2.00 bits per heavy atom. The van der Waals surface area contributed by atoms with Crippen molar-refractivity contribution in [2.24, 2.45) is 17.6 Å². The second-order valence-electron chi connectivity index (χ2n) is 5.44. The van der Waals surface area contributed by atoms with Gasteiger partial charge in [0.15, 0.2) is 0 Å². The summed E-state index contributed by atoms with van der Waals surface area (Å²) in [6, 6.07) is -0.345. The van der Waals surface area contributed by atoms with Crippen LogP contribution in [0.4, 0.5) is 17.6 Å². The standard InChI is InChI=1S/C13H23F4NO/c1-2-9-4-3-5-10(6-9)11(18)7-19-8-13(16,17)12(14)15/h9-12H,2-8,18H2,1H3. The Morgan fingerprint density at radius 3 is 2.58 bits per heavy atom. The molecule has 3 unspecified atom stereocenters. The first-order valence-corrected chi connectivity index (χ1v) is 6.86. The SMILES string of the molecule is CCC1CCCC(C(N)COCC(F)(F)C(F)F)C1. The van der Waals surface area contributed by atoms with E-state index in [2.05, 4.69) is 11.7 Å². The monoisotopic (exact) mass is 285 g/mol. The van der Waals surface area contributed by atoms with Crippen LogP contribution >= 0.6 is 0 Å². The Kier molecular flexibility index (Phi) is 6.53. The first kappa shape index (κ1) is 16.7. The minimum absolute atomic E-state index is 0.0799. The molecule has 6 heteroatoms. The summed E-state index contributed by atoms with van der Waals surface area (Å²) in [4.78, 5) is 0. The summed E-state index contributed by atoms with van der Waals surface area (Å²) in [6.07, 6.45) is 1.61. The predicted octanol–water partition coefficient (Wildman–Crippen LogP) is 3.45. The third-order valence-electron chi connectivity index (χ3n) is 3.93. The molecule has 0 aromatic carbocycles. The molecule has 19 heavy (non-hydrogen) atoms. The third-order valence-corrected chi connectivity index (χ3v) is 3.93. The van der Waals surface area contributed by atoms with Gasteiger partial charge in [-0.05, 0) is 24.7 Å². The molecular formula is C13H23F4NO. The van der Waals surface area contributed by atoms with Crippen molar-refractivity contribution in [2.75, 3.05) is 13.2 Å². The van der Waals surface area contributed by atoms with Crippen LogP contribution in [-0.2, 0) is 4.74 Å². The lowest BCUT2D eigenvalue weighted by Gasteiger charge is -2.32. The third kappa shape index (κ3) is 5.26. The summed E-state index contributed by atoms with van der Waals surface area (Å²) in [5.74, 6) is -3.20. The van der Waals surface area contributed by atoms with E-state index in [1.54, 1.807) is 0 Å². The first-order chi connectivity index (χ1) is 8.86. The molecular weight excluding hydrogens is 262 g/mol. The van der Waals surface area contributed by atoms with Crippen molar-refractivity contribution in [3.05, 3.63) is 0 Å². The maximum Gasteiger partial charge on any atom is 0.330 e. The Labute approximate surface area is 111 Å². The van der Waals surface area contributed by atoms with Gasteiger partial charge in [-0.2, -0.15) is 8.78 Å². The molecule has 2 N–H and O–H groups in total. The van der Waals surface area contributed by atoms with Crippen molar-refractivity contribution in [1.29, 1.82) is 0 Å². The molecule has 114 valence electrons. The van der Waals surface area contributed by atoms with Gasteiger partial charge in [0.25, 0.3) is 0 Å². The van der Waals surface area contributed by atoms with E-state index < -0.39 is 19.0 Å². The maximum absolute atomic E-state index is 12.6. The molecule has 0 spiro atoms. The molecule has 0 aliphatic heterocycles. The molecule has 0 amide bonds. The van der Waals surface area contributed by atoms with Crippen LogP contribution in [0.15, 0.2) is 0 Å². The number of halogens is 4. The Balaban J connectivity index is 2.29. The summed E-state index contributed by atoms with van der Waals surface area (Å²) >= 11 is 0. The molecule has 1 saturated carbocycles. The normalized spacial score (nSPS) is 26.7. The summed E-state index contributed by atoms with van der Waals surface area (Å²) in [5, 5.41) is 0. The fraction of sp³-hybridized carbons (Fsp3) is 1.00. The molecule has 2 nitrogen and oxygen atoms in total. The van der Waals surface area contributed by atoms with Gasteiger partial charge in [-0.3, -0.25) is 0 Å². The van der Waals surface area contributed by atoms with Crippen LogP contribution in [0.5, 0.6) is 0 Å². The van der Waals surface area contributed by atoms with Gasteiger partial charge in [-0.25, -0.2) is 8.78 Å². The van der Waals surface area contributed by atoms with Crippen LogP contribution in [0.2, 0.25) is 0 Å². The molecule has 0 radical (unpaired) electrons. The summed E-state index contributed by atoms with van der Waals surface area (Å²) in [7, 11) is 0. The highest BCUT2D eigenvalue weighted by Gasteiger charge is 2.41.